The number of methoxy groups -OCH3 is 1. The Morgan fingerprint density at radius 2 is 2.00 bits per heavy atom. The molecule has 0 saturated carbocycles. The number of unbranched alkanes of at least 4 members (excludes halogenated alkanes) is 1. The Hall–Kier alpha value is -0.120. The molecule has 0 bridgehead atoms. The van der Waals surface area contributed by atoms with Crippen LogP contribution in [0.2, 0.25) is 0 Å². The van der Waals surface area contributed by atoms with E-state index in [1.54, 1.807) is 7.11 Å². The molecule has 98 valence electrons. The molecule has 0 amide bonds. The van der Waals surface area contributed by atoms with Gasteiger partial charge in [-0.3, -0.25) is 0 Å². The average molecular weight is 230 g/mol. The summed E-state index contributed by atoms with van der Waals surface area (Å²) in [6.07, 6.45) is 5.13. The van der Waals surface area contributed by atoms with Crippen molar-refractivity contribution in [2.75, 3.05) is 40.4 Å². The molecule has 3 nitrogen and oxygen atoms in total. The zero-order valence-electron chi connectivity index (χ0n) is 11.6. The lowest BCUT2D eigenvalue weighted by Crippen LogP contribution is -2.30. The lowest BCUT2D eigenvalue weighted by atomic mass is 10.1. The summed E-state index contributed by atoms with van der Waals surface area (Å²) in [6, 6.07) is 0.728. The van der Waals surface area contributed by atoms with Gasteiger partial charge in [0.25, 0.3) is 0 Å². The largest absolute Gasteiger partial charge is 0.383 e. The fourth-order valence-corrected chi connectivity index (χ4v) is 1.77. The van der Waals surface area contributed by atoms with Crippen molar-refractivity contribution in [3.63, 3.8) is 0 Å². The van der Waals surface area contributed by atoms with Crippen molar-refractivity contribution < 1.29 is 4.74 Å². The van der Waals surface area contributed by atoms with E-state index in [-0.39, 0.29) is 0 Å². The van der Waals surface area contributed by atoms with Crippen LogP contribution >= 0.6 is 0 Å². The summed E-state index contributed by atoms with van der Waals surface area (Å²) in [5.41, 5.74) is 0. The van der Waals surface area contributed by atoms with Crippen LogP contribution in [0.4, 0.5) is 0 Å². The topological polar surface area (TPSA) is 24.5 Å². The van der Waals surface area contributed by atoms with E-state index in [2.05, 4.69) is 31.1 Å². The molecule has 1 N–H and O–H groups in total. The third kappa shape index (κ3) is 9.13. The van der Waals surface area contributed by atoms with E-state index in [0.29, 0.717) is 0 Å². The molecule has 0 rings (SSSR count). The molecule has 0 aliphatic rings. The fourth-order valence-electron chi connectivity index (χ4n) is 1.77. The third-order valence-electron chi connectivity index (χ3n) is 3.06. The minimum absolute atomic E-state index is 0.728. The van der Waals surface area contributed by atoms with Gasteiger partial charge >= 0.3 is 0 Å². The van der Waals surface area contributed by atoms with Crippen molar-refractivity contribution in [2.24, 2.45) is 0 Å². The Balaban J connectivity index is 3.23. The second-order valence-electron chi connectivity index (χ2n) is 4.57. The van der Waals surface area contributed by atoms with Gasteiger partial charge in [0.2, 0.25) is 0 Å². The van der Waals surface area contributed by atoms with Crippen molar-refractivity contribution in [3.05, 3.63) is 0 Å². The first-order valence-corrected chi connectivity index (χ1v) is 6.62. The molecule has 0 aromatic rings. The molecule has 16 heavy (non-hydrogen) atoms. The van der Waals surface area contributed by atoms with Crippen molar-refractivity contribution >= 4 is 0 Å². The summed E-state index contributed by atoms with van der Waals surface area (Å²) >= 11 is 0. The molecule has 0 aliphatic heterocycles. The molecule has 0 aromatic heterocycles. The maximum Gasteiger partial charge on any atom is 0.0587 e. The number of hydrogen-bond donors (Lipinski definition) is 1. The Kier molecular flexibility index (Phi) is 11.3. The summed E-state index contributed by atoms with van der Waals surface area (Å²) in [5.74, 6) is 0. The van der Waals surface area contributed by atoms with Crippen LogP contribution in [0.3, 0.4) is 0 Å². The first-order chi connectivity index (χ1) is 7.72. The van der Waals surface area contributed by atoms with Crippen LogP contribution in [0, 0.1) is 0 Å². The van der Waals surface area contributed by atoms with Gasteiger partial charge in [-0.15, -0.1) is 0 Å². The Labute approximate surface area is 102 Å². The summed E-state index contributed by atoms with van der Waals surface area (Å²) in [4.78, 5) is 2.47. The van der Waals surface area contributed by atoms with Crippen molar-refractivity contribution in [2.45, 2.75) is 45.6 Å². The maximum absolute atomic E-state index is 4.97. The van der Waals surface area contributed by atoms with Crippen LogP contribution in [0.25, 0.3) is 0 Å². The maximum atomic E-state index is 4.97. The SMILES string of the molecule is CCCC(C)N(C)CCCCNCCOC. The van der Waals surface area contributed by atoms with E-state index >= 15 is 0 Å². The van der Waals surface area contributed by atoms with E-state index in [9.17, 15) is 0 Å². The summed E-state index contributed by atoms with van der Waals surface area (Å²) in [7, 11) is 3.98. The van der Waals surface area contributed by atoms with Gasteiger partial charge in [-0.05, 0) is 46.3 Å². The van der Waals surface area contributed by atoms with Crippen molar-refractivity contribution in [1.82, 2.24) is 10.2 Å². The van der Waals surface area contributed by atoms with Crippen LogP contribution in [-0.2, 0) is 4.74 Å². The van der Waals surface area contributed by atoms with Crippen LogP contribution < -0.4 is 5.32 Å². The minimum Gasteiger partial charge on any atom is -0.383 e. The van der Waals surface area contributed by atoms with Gasteiger partial charge in [0.1, 0.15) is 0 Å². The van der Waals surface area contributed by atoms with Gasteiger partial charge in [-0.25, -0.2) is 0 Å². The van der Waals surface area contributed by atoms with Gasteiger partial charge in [-0.1, -0.05) is 13.3 Å². The smallest absolute Gasteiger partial charge is 0.0587 e. The molecule has 0 spiro atoms. The van der Waals surface area contributed by atoms with Gasteiger partial charge in [-0.2, -0.15) is 0 Å². The normalized spacial score (nSPS) is 13.3. The highest BCUT2D eigenvalue weighted by molar-refractivity contribution is 4.62. The summed E-state index contributed by atoms with van der Waals surface area (Å²) in [5, 5.41) is 3.37. The minimum atomic E-state index is 0.728. The van der Waals surface area contributed by atoms with Crippen LogP contribution in [0.1, 0.15) is 39.5 Å². The number of hydrogen-bond acceptors (Lipinski definition) is 3. The van der Waals surface area contributed by atoms with Crippen molar-refractivity contribution in [1.29, 1.82) is 0 Å². The van der Waals surface area contributed by atoms with Gasteiger partial charge in [0.15, 0.2) is 0 Å². The van der Waals surface area contributed by atoms with Gasteiger partial charge in [0, 0.05) is 19.7 Å². The van der Waals surface area contributed by atoms with Crippen LogP contribution in [0.5, 0.6) is 0 Å². The monoisotopic (exact) mass is 230 g/mol. The lowest BCUT2D eigenvalue weighted by Gasteiger charge is -2.24. The Morgan fingerprint density at radius 3 is 2.62 bits per heavy atom. The molecular formula is C13H30N2O. The third-order valence-corrected chi connectivity index (χ3v) is 3.06. The van der Waals surface area contributed by atoms with Crippen molar-refractivity contribution in [3.8, 4) is 0 Å². The predicted octanol–water partition coefficient (Wildman–Crippen LogP) is 2.12. The van der Waals surface area contributed by atoms with E-state index in [1.165, 1.54) is 32.2 Å². The molecule has 0 saturated heterocycles. The van der Waals surface area contributed by atoms with Crippen LogP contribution in [-0.4, -0.2) is 51.3 Å². The Morgan fingerprint density at radius 1 is 1.25 bits per heavy atom. The highest BCUT2D eigenvalue weighted by atomic mass is 16.5. The fraction of sp³-hybridized carbons (Fsp3) is 1.00. The molecule has 0 radical (unpaired) electrons. The standard InChI is InChI=1S/C13H30N2O/c1-5-8-13(2)15(3)11-7-6-9-14-10-12-16-4/h13-14H,5-12H2,1-4H3. The summed E-state index contributed by atoms with van der Waals surface area (Å²) < 4.78 is 4.97. The second kappa shape index (κ2) is 11.4. The zero-order chi connectivity index (χ0) is 12.2. The molecule has 0 aliphatic carbocycles. The number of nitrogens with one attached hydrogen (secondary N) is 1. The number of rotatable bonds is 11. The molecule has 0 aromatic carbocycles. The average Bonchev–Trinajstić information content (AvgIpc) is 2.28. The highest BCUT2D eigenvalue weighted by Crippen LogP contribution is 2.04. The highest BCUT2D eigenvalue weighted by Gasteiger charge is 2.06. The number of ether oxygens (including phenoxy) is 1. The quantitative estimate of drug-likeness (QED) is 0.550. The first kappa shape index (κ1) is 15.9. The van der Waals surface area contributed by atoms with Crippen LogP contribution in [0.15, 0.2) is 0 Å². The van der Waals surface area contributed by atoms with E-state index in [0.717, 1.165) is 25.7 Å². The van der Waals surface area contributed by atoms with E-state index in [1.807, 2.05) is 0 Å². The first-order valence-electron chi connectivity index (χ1n) is 6.62. The molecule has 0 heterocycles. The zero-order valence-corrected chi connectivity index (χ0v) is 11.6. The molecule has 1 atom stereocenters. The Bertz CT molecular complexity index is 142. The lowest BCUT2D eigenvalue weighted by molar-refractivity contribution is 0.198. The van der Waals surface area contributed by atoms with E-state index in [4.69, 9.17) is 4.74 Å². The summed E-state index contributed by atoms with van der Waals surface area (Å²) in [6.45, 7) is 8.68. The molecule has 0 fully saturated rings. The van der Waals surface area contributed by atoms with E-state index < -0.39 is 0 Å². The van der Waals surface area contributed by atoms with Gasteiger partial charge in [0.05, 0.1) is 6.61 Å². The molecule has 1 unspecified atom stereocenters. The van der Waals surface area contributed by atoms with Gasteiger partial charge < -0.3 is 15.0 Å². The number of nitrogens with zero attached hydrogens (tertiary/aromatic N) is 1. The molecular weight excluding hydrogens is 200 g/mol. The predicted molar refractivity (Wildman–Crippen MR) is 71.0 cm³/mol. The second-order valence-corrected chi connectivity index (χ2v) is 4.57. The molecule has 3 heteroatoms.